The lowest BCUT2D eigenvalue weighted by Crippen LogP contribution is -2.14. The van der Waals surface area contributed by atoms with Crippen molar-refractivity contribution < 1.29 is 9.21 Å². The Bertz CT molecular complexity index is 886. The largest absolute Gasteiger partial charge is 0.464 e. The predicted molar refractivity (Wildman–Crippen MR) is 89.1 cm³/mol. The summed E-state index contributed by atoms with van der Waals surface area (Å²) in [6, 6.07) is 14.9. The minimum absolute atomic E-state index is 0.114. The van der Waals surface area contributed by atoms with Crippen LogP contribution < -0.4 is 5.32 Å². The molecule has 0 atom stereocenters. The van der Waals surface area contributed by atoms with E-state index in [2.05, 4.69) is 18.3 Å². The van der Waals surface area contributed by atoms with Crippen LogP contribution in [0.2, 0.25) is 0 Å². The molecule has 23 heavy (non-hydrogen) atoms. The zero-order valence-electron chi connectivity index (χ0n) is 12.8. The summed E-state index contributed by atoms with van der Waals surface area (Å²) in [5, 5.41) is 12.6. The third-order valence-electron chi connectivity index (χ3n) is 3.78. The van der Waals surface area contributed by atoms with E-state index in [1.807, 2.05) is 18.2 Å². The smallest absolute Gasteiger partial charge is 0.228 e. The number of hydrogen-bond acceptors (Lipinski definition) is 3. The molecule has 4 heteroatoms. The molecule has 0 radical (unpaired) electrons. The molecular formula is C19H16N2O2. The van der Waals surface area contributed by atoms with Crippen LogP contribution in [0.15, 0.2) is 53.1 Å². The first kappa shape index (κ1) is 14.9. The second kappa shape index (κ2) is 6.37. The highest BCUT2D eigenvalue weighted by molar-refractivity contribution is 5.95. The van der Waals surface area contributed by atoms with Crippen LogP contribution in [0.1, 0.15) is 23.6 Å². The number of hydrogen-bond donors (Lipinski definition) is 1. The first-order valence-corrected chi connectivity index (χ1v) is 7.48. The number of benzene rings is 2. The Hall–Kier alpha value is -3.06. The Labute approximate surface area is 134 Å². The molecule has 0 aliphatic rings. The van der Waals surface area contributed by atoms with Crippen LogP contribution >= 0.6 is 0 Å². The Morgan fingerprint density at radius 3 is 2.70 bits per heavy atom. The number of aryl methyl sites for hydroxylation is 1. The number of furan rings is 1. The zero-order chi connectivity index (χ0) is 16.2. The summed E-state index contributed by atoms with van der Waals surface area (Å²) >= 11 is 0. The number of rotatable bonds is 4. The van der Waals surface area contributed by atoms with Gasteiger partial charge in [0, 0.05) is 16.6 Å². The van der Waals surface area contributed by atoms with Crippen molar-refractivity contribution in [3.63, 3.8) is 0 Å². The number of nitrogens with zero attached hydrogens (tertiary/aromatic N) is 1. The van der Waals surface area contributed by atoms with Crippen molar-refractivity contribution in [2.24, 2.45) is 0 Å². The highest BCUT2D eigenvalue weighted by Crippen LogP contribution is 2.23. The van der Waals surface area contributed by atoms with Gasteiger partial charge in [0.25, 0.3) is 0 Å². The molecule has 3 aromatic rings. The van der Waals surface area contributed by atoms with Gasteiger partial charge in [-0.05, 0) is 42.3 Å². The summed E-state index contributed by atoms with van der Waals surface area (Å²) in [5.74, 6) is -0.114. The number of carbonyl (C=O) groups excluding carboxylic acids is 1. The normalized spacial score (nSPS) is 10.4. The molecule has 2 aromatic carbocycles. The van der Waals surface area contributed by atoms with Crippen molar-refractivity contribution in [1.29, 1.82) is 5.26 Å². The lowest BCUT2D eigenvalue weighted by molar-refractivity contribution is -0.115. The number of amides is 1. The van der Waals surface area contributed by atoms with Gasteiger partial charge in [-0.15, -0.1) is 0 Å². The molecular weight excluding hydrogens is 288 g/mol. The quantitative estimate of drug-likeness (QED) is 0.790. The first-order valence-electron chi connectivity index (χ1n) is 7.48. The summed E-state index contributed by atoms with van der Waals surface area (Å²) in [4.78, 5) is 12.2. The van der Waals surface area contributed by atoms with E-state index in [4.69, 9.17) is 9.68 Å². The molecule has 0 bridgehead atoms. The average Bonchev–Trinajstić information content (AvgIpc) is 2.97. The Morgan fingerprint density at radius 1 is 1.22 bits per heavy atom. The monoisotopic (exact) mass is 304 g/mol. The van der Waals surface area contributed by atoms with Crippen LogP contribution in [0.25, 0.3) is 11.0 Å². The second-order valence-electron chi connectivity index (χ2n) is 5.36. The summed E-state index contributed by atoms with van der Waals surface area (Å²) in [7, 11) is 0. The molecule has 4 nitrogen and oxygen atoms in total. The molecule has 114 valence electrons. The molecule has 0 aliphatic carbocycles. The maximum atomic E-state index is 12.2. The van der Waals surface area contributed by atoms with Crippen LogP contribution in [0.3, 0.4) is 0 Å². The average molecular weight is 304 g/mol. The molecule has 0 aliphatic heterocycles. The van der Waals surface area contributed by atoms with Gasteiger partial charge in [0.05, 0.1) is 24.3 Å². The summed E-state index contributed by atoms with van der Waals surface area (Å²) in [5.41, 5.74) is 4.13. The topological polar surface area (TPSA) is 66.0 Å². The van der Waals surface area contributed by atoms with E-state index >= 15 is 0 Å². The Morgan fingerprint density at radius 2 is 2.00 bits per heavy atom. The summed E-state index contributed by atoms with van der Waals surface area (Å²) < 4.78 is 5.56. The van der Waals surface area contributed by atoms with Crippen LogP contribution in [-0.2, 0) is 17.6 Å². The molecule has 0 spiro atoms. The van der Waals surface area contributed by atoms with Gasteiger partial charge in [0.15, 0.2) is 0 Å². The Balaban J connectivity index is 1.73. The molecule has 1 aromatic heterocycles. The summed E-state index contributed by atoms with van der Waals surface area (Å²) in [6.07, 6.45) is 2.84. The SMILES string of the molecule is CCc1ccc2c(CC(=O)Nc3ccc(C#N)cc3)coc2c1. The van der Waals surface area contributed by atoms with Gasteiger partial charge in [-0.2, -0.15) is 5.26 Å². The number of fused-ring (bicyclic) bond motifs is 1. The van der Waals surface area contributed by atoms with Crippen molar-refractivity contribution in [1.82, 2.24) is 0 Å². The molecule has 1 amide bonds. The number of nitrogens with one attached hydrogen (secondary N) is 1. The van der Waals surface area contributed by atoms with Gasteiger partial charge in [0.1, 0.15) is 5.58 Å². The number of nitriles is 1. The van der Waals surface area contributed by atoms with E-state index in [0.29, 0.717) is 11.3 Å². The van der Waals surface area contributed by atoms with Crippen molar-refractivity contribution in [2.45, 2.75) is 19.8 Å². The van der Waals surface area contributed by atoms with Gasteiger partial charge in [-0.25, -0.2) is 0 Å². The molecule has 0 fully saturated rings. The number of anilines is 1. The van der Waals surface area contributed by atoms with E-state index in [-0.39, 0.29) is 12.3 Å². The molecule has 1 heterocycles. The number of carbonyl (C=O) groups is 1. The van der Waals surface area contributed by atoms with Crippen molar-refractivity contribution in [2.75, 3.05) is 5.32 Å². The van der Waals surface area contributed by atoms with Gasteiger partial charge in [-0.1, -0.05) is 19.1 Å². The first-order chi connectivity index (χ1) is 11.2. The van der Waals surface area contributed by atoms with Crippen molar-refractivity contribution in [3.05, 3.63) is 65.4 Å². The highest BCUT2D eigenvalue weighted by Gasteiger charge is 2.11. The fourth-order valence-corrected chi connectivity index (χ4v) is 2.49. The third-order valence-corrected chi connectivity index (χ3v) is 3.78. The lowest BCUT2D eigenvalue weighted by Gasteiger charge is -2.04. The molecule has 0 saturated carbocycles. The van der Waals surface area contributed by atoms with Gasteiger partial charge >= 0.3 is 0 Å². The van der Waals surface area contributed by atoms with E-state index < -0.39 is 0 Å². The van der Waals surface area contributed by atoms with Crippen LogP contribution in [0.5, 0.6) is 0 Å². The lowest BCUT2D eigenvalue weighted by atomic mass is 10.1. The highest BCUT2D eigenvalue weighted by atomic mass is 16.3. The minimum atomic E-state index is -0.114. The minimum Gasteiger partial charge on any atom is -0.464 e. The fourth-order valence-electron chi connectivity index (χ4n) is 2.49. The standard InChI is InChI=1S/C19H16N2O2/c1-2-13-5-8-17-15(12-23-18(17)9-13)10-19(22)21-16-6-3-14(11-20)4-7-16/h3-9,12H,2,10H2,1H3,(H,21,22). The second-order valence-corrected chi connectivity index (χ2v) is 5.36. The Kier molecular flexibility index (Phi) is 4.11. The predicted octanol–water partition coefficient (Wildman–Crippen LogP) is 4.05. The molecule has 0 saturated heterocycles. The van der Waals surface area contributed by atoms with Crippen molar-refractivity contribution >= 4 is 22.6 Å². The van der Waals surface area contributed by atoms with Crippen LogP contribution in [0.4, 0.5) is 5.69 Å². The van der Waals surface area contributed by atoms with Gasteiger partial charge < -0.3 is 9.73 Å². The maximum Gasteiger partial charge on any atom is 0.228 e. The molecule has 0 unspecified atom stereocenters. The third kappa shape index (κ3) is 3.24. The fraction of sp³-hybridized carbons (Fsp3) is 0.158. The van der Waals surface area contributed by atoms with E-state index in [9.17, 15) is 4.79 Å². The van der Waals surface area contributed by atoms with Gasteiger partial charge in [0.2, 0.25) is 5.91 Å². The van der Waals surface area contributed by atoms with Gasteiger partial charge in [-0.3, -0.25) is 4.79 Å². The van der Waals surface area contributed by atoms with Crippen LogP contribution in [0, 0.1) is 11.3 Å². The van der Waals surface area contributed by atoms with E-state index in [1.165, 1.54) is 5.56 Å². The molecule has 3 rings (SSSR count). The van der Waals surface area contributed by atoms with E-state index in [0.717, 1.165) is 23.0 Å². The van der Waals surface area contributed by atoms with Crippen molar-refractivity contribution in [3.8, 4) is 6.07 Å². The van der Waals surface area contributed by atoms with E-state index in [1.54, 1.807) is 30.5 Å². The van der Waals surface area contributed by atoms with Crippen LogP contribution in [-0.4, -0.2) is 5.91 Å². The summed E-state index contributed by atoms with van der Waals surface area (Å²) in [6.45, 7) is 2.09. The molecule has 1 N–H and O–H groups in total. The zero-order valence-corrected chi connectivity index (χ0v) is 12.8. The maximum absolute atomic E-state index is 12.2.